The Kier molecular flexibility index (Phi) is 4.34. The molecule has 0 spiro atoms. The number of sulfonamides is 1. The molecule has 1 aliphatic carbocycles. The summed E-state index contributed by atoms with van der Waals surface area (Å²) in [4.78, 5) is 11.0. The molecule has 0 bridgehead atoms. The molecule has 1 saturated carbocycles. The van der Waals surface area contributed by atoms with E-state index in [4.69, 9.17) is 5.11 Å². The van der Waals surface area contributed by atoms with Crippen molar-refractivity contribution in [3.63, 3.8) is 0 Å². The Morgan fingerprint density at radius 1 is 1.29 bits per heavy atom. The Balaban J connectivity index is 2.22. The average Bonchev–Trinajstić information content (AvgIpc) is 2.74. The van der Waals surface area contributed by atoms with Gasteiger partial charge >= 0.3 is 5.97 Å². The fraction of sp³-hybridized carbons (Fsp3) is 0.500. The summed E-state index contributed by atoms with van der Waals surface area (Å²) < 4.78 is 40.7. The van der Waals surface area contributed by atoms with Crippen molar-refractivity contribution in [1.82, 2.24) is 4.72 Å². The zero-order valence-corrected chi connectivity index (χ0v) is 12.7. The molecule has 2 atom stereocenters. The summed E-state index contributed by atoms with van der Waals surface area (Å²) in [7, 11) is -3.78. The molecule has 1 aromatic carbocycles. The maximum atomic E-state index is 13.3. The molecule has 0 unspecified atom stereocenters. The third-order valence-corrected chi connectivity index (χ3v) is 5.62. The second-order valence-electron chi connectivity index (χ2n) is 5.54. The number of hydrogen-bond acceptors (Lipinski definition) is 3. The number of carboxylic acid groups (broad SMARTS) is 1. The van der Waals surface area contributed by atoms with Crippen molar-refractivity contribution < 1.29 is 22.7 Å². The third-order valence-electron chi connectivity index (χ3n) is 3.80. The SMILES string of the molecule is Cc1cc(F)cc(C)c1S(=O)(=O)N[C@H]1CC[C@@H](C(=O)O)C1. The molecule has 0 aliphatic heterocycles. The Labute approximate surface area is 123 Å². The van der Waals surface area contributed by atoms with Crippen LogP contribution in [0, 0.1) is 25.6 Å². The van der Waals surface area contributed by atoms with E-state index in [2.05, 4.69) is 4.72 Å². The van der Waals surface area contributed by atoms with Gasteiger partial charge in [0.15, 0.2) is 0 Å². The molecule has 1 fully saturated rings. The van der Waals surface area contributed by atoms with Crippen LogP contribution in [0.5, 0.6) is 0 Å². The van der Waals surface area contributed by atoms with Gasteiger partial charge in [0.25, 0.3) is 0 Å². The molecule has 7 heteroatoms. The number of hydrogen-bond donors (Lipinski definition) is 2. The molecular formula is C14H18FNO4S. The molecule has 0 saturated heterocycles. The van der Waals surface area contributed by atoms with E-state index in [9.17, 15) is 17.6 Å². The second-order valence-corrected chi connectivity index (χ2v) is 7.19. The first-order valence-corrected chi connectivity index (χ1v) is 8.21. The van der Waals surface area contributed by atoms with Crippen LogP contribution in [0.1, 0.15) is 30.4 Å². The van der Waals surface area contributed by atoms with Crippen molar-refractivity contribution in [1.29, 1.82) is 0 Å². The van der Waals surface area contributed by atoms with Gasteiger partial charge in [0, 0.05) is 6.04 Å². The van der Waals surface area contributed by atoms with Gasteiger partial charge < -0.3 is 5.11 Å². The highest BCUT2D eigenvalue weighted by Gasteiger charge is 2.33. The summed E-state index contributed by atoms with van der Waals surface area (Å²) in [5.41, 5.74) is 0.681. The molecule has 2 rings (SSSR count). The Morgan fingerprint density at radius 2 is 1.86 bits per heavy atom. The van der Waals surface area contributed by atoms with Crippen molar-refractivity contribution in [2.45, 2.75) is 44.0 Å². The highest BCUT2D eigenvalue weighted by atomic mass is 32.2. The van der Waals surface area contributed by atoms with Crippen LogP contribution in [0.15, 0.2) is 17.0 Å². The van der Waals surface area contributed by atoms with Gasteiger partial charge in [-0.15, -0.1) is 0 Å². The predicted octanol–water partition coefficient (Wildman–Crippen LogP) is 1.97. The van der Waals surface area contributed by atoms with E-state index >= 15 is 0 Å². The van der Waals surface area contributed by atoms with E-state index in [1.807, 2.05) is 0 Å². The summed E-state index contributed by atoms with van der Waals surface area (Å²) >= 11 is 0. The quantitative estimate of drug-likeness (QED) is 0.890. The van der Waals surface area contributed by atoms with Crippen LogP contribution < -0.4 is 4.72 Å². The number of aryl methyl sites for hydroxylation is 2. The summed E-state index contributed by atoms with van der Waals surface area (Å²) in [6.45, 7) is 3.08. The average molecular weight is 315 g/mol. The van der Waals surface area contributed by atoms with Crippen LogP contribution in [0.3, 0.4) is 0 Å². The number of carbonyl (C=O) groups is 1. The molecule has 0 aromatic heterocycles. The summed E-state index contributed by atoms with van der Waals surface area (Å²) in [5, 5.41) is 8.95. The first-order valence-electron chi connectivity index (χ1n) is 6.72. The fourth-order valence-electron chi connectivity index (χ4n) is 2.91. The number of carboxylic acids is 1. The van der Waals surface area contributed by atoms with Gasteiger partial charge in [-0.2, -0.15) is 0 Å². The molecule has 0 radical (unpaired) electrons. The van der Waals surface area contributed by atoms with Crippen molar-refractivity contribution in [2.24, 2.45) is 5.92 Å². The van der Waals surface area contributed by atoms with Gasteiger partial charge in [-0.1, -0.05) is 0 Å². The molecule has 2 N–H and O–H groups in total. The van der Waals surface area contributed by atoms with Gasteiger partial charge in [0.2, 0.25) is 10.0 Å². The third kappa shape index (κ3) is 3.41. The van der Waals surface area contributed by atoms with E-state index in [1.54, 1.807) is 13.8 Å². The maximum Gasteiger partial charge on any atom is 0.306 e. The predicted molar refractivity (Wildman–Crippen MR) is 75.0 cm³/mol. The topological polar surface area (TPSA) is 83.5 Å². The minimum Gasteiger partial charge on any atom is -0.481 e. The van der Waals surface area contributed by atoms with Gasteiger partial charge in [0.1, 0.15) is 5.82 Å². The fourth-order valence-corrected chi connectivity index (χ4v) is 4.65. The number of benzene rings is 1. The lowest BCUT2D eigenvalue weighted by Gasteiger charge is -2.16. The van der Waals surface area contributed by atoms with Crippen molar-refractivity contribution in [3.8, 4) is 0 Å². The molecule has 116 valence electrons. The van der Waals surface area contributed by atoms with E-state index in [0.29, 0.717) is 24.0 Å². The molecule has 1 aromatic rings. The van der Waals surface area contributed by atoms with Crippen LogP contribution in [-0.4, -0.2) is 25.5 Å². The zero-order chi connectivity index (χ0) is 15.8. The lowest BCUT2D eigenvalue weighted by atomic mass is 10.1. The highest BCUT2D eigenvalue weighted by Crippen LogP contribution is 2.28. The molecule has 5 nitrogen and oxygen atoms in total. The highest BCUT2D eigenvalue weighted by molar-refractivity contribution is 7.89. The summed E-state index contributed by atoms with van der Waals surface area (Å²) in [5.74, 6) is -1.88. The Hall–Kier alpha value is -1.47. The molecular weight excluding hydrogens is 297 g/mol. The number of nitrogens with one attached hydrogen (secondary N) is 1. The number of aliphatic carboxylic acids is 1. The summed E-state index contributed by atoms with van der Waals surface area (Å²) in [6, 6.07) is 1.96. The van der Waals surface area contributed by atoms with Gasteiger partial charge in [-0.3, -0.25) is 4.79 Å². The van der Waals surface area contributed by atoms with Gasteiger partial charge in [-0.05, 0) is 56.4 Å². The van der Waals surface area contributed by atoms with E-state index in [0.717, 1.165) is 0 Å². The van der Waals surface area contributed by atoms with Crippen LogP contribution in [0.25, 0.3) is 0 Å². The van der Waals surface area contributed by atoms with Gasteiger partial charge in [0.05, 0.1) is 10.8 Å². The van der Waals surface area contributed by atoms with Crippen molar-refractivity contribution in [2.75, 3.05) is 0 Å². The van der Waals surface area contributed by atoms with E-state index in [1.165, 1.54) is 12.1 Å². The smallest absolute Gasteiger partial charge is 0.306 e. The van der Waals surface area contributed by atoms with Crippen LogP contribution in [0.2, 0.25) is 0 Å². The maximum absolute atomic E-state index is 13.3. The lowest BCUT2D eigenvalue weighted by Crippen LogP contribution is -2.34. The second kappa shape index (κ2) is 5.73. The first kappa shape index (κ1) is 15.9. The molecule has 0 heterocycles. The molecule has 21 heavy (non-hydrogen) atoms. The lowest BCUT2D eigenvalue weighted by molar-refractivity contribution is -0.141. The van der Waals surface area contributed by atoms with Crippen LogP contribution >= 0.6 is 0 Å². The Morgan fingerprint density at radius 3 is 2.33 bits per heavy atom. The van der Waals surface area contributed by atoms with E-state index in [-0.39, 0.29) is 17.4 Å². The minimum absolute atomic E-state index is 0.0719. The van der Waals surface area contributed by atoms with Crippen LogP contribution in [-0.2, 0) is 14.8 Å². The van der Waals surface area contributed by atoms with Crippen LogP contribution in [0.4, 0.5) is 4.39 Å². The molecule has 0 amide bonds. The minimum atomic E-state index is -3.78. The zero-order valence-electron chi connectivity index (χ0n) is 11.9. The van der Waals surface area contributed by atoms with Crippen molar-refractivity contribution >= 4 is 16.0 Å². The monoisotopic (exact) mass is 315 g/mol. The van der Waals surface area contributed by atoms with Crippen molar-refractivity contribution in [3.05, 3.63) is 29.1 Å². The molecule has 1 aliphatic rings. The summed E-state index contributed by atoms with van der Waals surface area (Å²) in [6.07, 6.45) is 1.24. The standard InChI is InChI=1S/C14H18FNO4S/c1-8-5-11(15)6-9(2)13(8)21(19,20)16-12-4-3-10(7-12)14(17)18/h5-6,10,12,16H,3-4,7H2,1-2H3,(H,17,18)/t10-,12+/m1/s1. The van der Waals surface area contributed by atoms with Gasteiger partial charge in [-0.25, -0.2) is 17.5 Å². The largest absolute Gasteiger partial charge is 0.481 e. The van der Waals surface area contributed by atoms with E-state index < -0.39 is 27.7 Å². The number of halogens is 1. The normalized spacial score (nSPS) is 22.4. The Bertz CT molecular complexity index is 649. The first-order chi connectivity index (χ1) is 9.70. The number of rotatable bonds is 4.